The minimum atomic E-state index is 0. The molecule has 0 rings (SSSR count). The van der Waals surface area contributed by atoms with E-state index in [9.17, 15) is 0 Å². The van der Waals surface area contributed by atoms with E-state index in [1.807, 2.05) is 0 Å². The predicted octanol–water partition coefficient (Wildman–Crippen LogP) is 0.164. The Morgan fingerprint density at radius 1 is 1.71 bits per heavy atom. The van der Waals surface area contributed by atoms with Crippen LogP contribution in [0.3, 0.4) is 0 Å². The molecule has 0 aromatic heterocycles. The summed E-state index contributed by atoms with van der Waals surface area (Å²) in [7, 11) is 0. The second-order valence-corrected chi connectivity index (χ2v) is 1.46. The molecule has 0 unspecified atom stereocenters. The van der Waals surface area contributed by atoms with Crippen molar-refractivity contribution < 1.29 is 25.6 Å². The molecule has 0 saturated carbocycles. The van der Waals surface area contributed by atoms with Crippen molar-refractivity contribution in [1.29, 1.82) is 0 Å². The normalized spacial score (nSPS) is 4.29. The van der Waals surface area contributed by atoms with Crippen molar-refractivity contribution in [1.82, 2.24) is 0 Å². The summed E-state index contributed by atoms with van der Waals surface area (Å²) in [5, 5.41) is 0. The summed E-state index contributed by atoms with van der Waals surface area (Å²) in [6, 6.07) is 0. The molecule has 0 amide bonds. The SMILES string of the molecule is NC(=S)[S-].OS.[Mo]. The Bertz CT molecular complexity index is 37.9. The number of hydrogen-bond donors (Lipinski definition) is 3. The van der Waals surface area contributed by atoms with E-state index in [2.05, 4.69) is 43.5 Å². The molecular weight excluding hydrogens is 234 g/mol. The summed E-state index contributed by atoms with van der Waals surface area (Å²) in [6.45, 7) is 0. The van der Waals surface area contributed by atoms with E-state index in [1.54, 1.807) is 0 Å². The Kier molecular flexibility index (Phi) is 35.2. The topological polar surface area (TPSA) is 46.2 Å². The first-order valence-corrected chi connectivity index (χ1v) is 2.11. The van der Waals surface area contributed by atoms with Crippen LogP contribution < -0.4 is 5.73 Å². The summed E-state index contributed by atoms with van der Waals surface area (Å²) in [5.74, 6) is 0. The van der Waals surface area contributed by atoms with Gasteiger partial charge in [-0.25, -0.2) is 0 Å². The molecule has 44 valence electrons. The van der Waals surface area contributed by atoms with Gasteiger partial charge in [-0.1, -0.05) is 4.32 Å². The van der Waals surface area contributed by atoms with Crippen LogP contribution in [0.1, 0.15) is 0 Å². The van der Waals surface area contributed by atoms with Crippen molar-refractivity contribution >= 4 is 42.1 Å². The third-order valence-electron chi connectivity index (χ3n) is 0. The van der Waals surface area contributed by atoms with Gasteiger partial charge in [-0.2, -0.15) is 0 Å². The molecule has 0 spiro atoms. The second-order valence-electron chi connectivity index (χ2n) is 0.319. The maximum absolute atomic E-state index is 6.69. The Labute approximate surface area is 73.1 Å². The third-order valence-corrected chi connectivity index (χ3v) is 0. The zero-order valence-electron chi connectivity index (χ0n) is 3.20. The molecular formula is CH4MoNOS3-. The van der Waals surface area contributed by atoms with Crippen LogP contribution in [0.4, 0.5) is 0 Å². The number of rotatable bonds is 0. The van der Waals surface area contributed by atoms with E-state index in [0.29, 0.717) is 0 Å². The smallest absolute Gasteiger partial charge is 0 e. The summed E-state index contributed by atoms with van der Waals surface area (Å²) in [5.41, 5.74) is 4.66. The Balaban J connectivity index is -0.0000000480. The van der Waals surface area contributed by atoms with Crippen LogP contribution in [0.15, 0.2) is 0 Å². The van der Waals surface area contributed by atoms with Gasteiger partial charge in [-0.3, -0.25) is 0 Å². The summed E-state index contributed by atoms with van der Waals surface area (Å²) < 4.78 is 6.78. The monoisotopic (exact) mass is 240 g/mol. The van der Waals surface area contributed by atoms with Gasteiger partial charge < -0.3 is 35.1 Å². The summed E-state index contributed by atoms with van der Waals surface area (Å²) in [4.78, 5) is 0. The fourth-order valence-corrected chi connectivity index (χ4v) is 0. The van der Waals surface area contributed by atoms with Crippen molar-refractivity contribution in [3.63, 3.8) is 0 Å². The van der Waals surface area contributed by atoms with Crippen LogP contribution in [0.2, 0.25) is 0 Å². The van der Waals surface area contributed by atoms with Gasteiger partial charge in [-0.15, -0.1) is 0 Å². The van der Waals surface area contributed by atoms with Gasteiger partial charge in [0.25, 0.3) is 0 Å². The maximum atomic E-state index is 6.69. The predicted molar refractivity (Wildman–Crippen MR) is 35.8 cm³/mol. The van der Waals surface area contributed by atoms with Crippen molar-refractivity contribution in [3.8, 4) is 0 Å². The van der Waals surface area contributed by atoms with E-state index in [4.69, 9.17) is 4.55 Å². The summed E-state index contributed by atoms with van der Waals surface area (Å²) in [6.07, 6.45) is 0. The van der Waals surface area contributed by atoms with E-state index in [0.717, 1.165) is 0 Å². The zero-order valence-corrected chi connectivity index (χ0v) is 7.73. The molecule has 0 aliphatic rings. The van der Waals surface area contributed by atoms with Crippen molar-refractivity contribution in [2.45, 2.75) is 0 Å². The minimum Gasteiger partial charge on any atom is -0.415 e. The number of hydrogen-bond acceptors (Lipinski definition) is 4. The van der Waals surface area contributed by atoms with Gasteiger partial charge in [0.1, 0.15) is 0 Å². The first-order valence-electron chi connectivity index (χ1n) is 0.897. The van der Waals surface area contributed by atoms with Crippen LogP contribution in [-0.4, -0.2) is 8.87 Å². The fourth-order valence-electron chi connectivity index (χ4n) is 0. The van der Waals surface area contributed by atoms with E-state index < -0.39 is 0 Å². The first kappa shape index (κ1) is 15.7. The molecule has 0 aromatic rings. The molecule has 0 aromatic carbocycles. The first-order chi connectivity index (χ1) is 2.73. The molecule has 7 heavy (non-hydrogen) atoms. The quantitative estimate of drug-likeness (QED) is 0.185. The third kappa shape index (κ3) is 151. The summed E-state index contributed by atoms with van der Waals surface area (Å²) >= 11 is 10.8. The molecule has 0 saturated heterocycles. The van der Waals surface area contributed by atoms with Crippen molar-refractivity contribution in [2.75, 3.05) is 0 Å². The molecule has 6 heteroatoms. The Hall–Kier alpha value is 1.11. The second kappa shape index (κ2) is 15.7. The van der Waals surface area contributed by atoms with Gasteiger partial charge in [0.05, 0.1) is 0 Å². The maximum Gasteiger partial charge on any atom is 0 e. The fraction of sp³-hybridized carbons (Fsp3) is 0. The molecule has 0 radical (unpaired) electrons. The standard InChI is InChI=1S/CH3NS2.Mo.H2OS/c2-1(3)4;;1-2/h(H3,2,3,4);;1-2H/p-1. The van der Waals surface area contributed by atoms with Gasteiger partial charge in [0.2, 0.25) is 0 Å². The molecule has 2 nitrogen and oxygen atoms in total. The van der Waals surface area contributed by atoms with Crippen molar-refractivity contribution in [3.05, 3.63) is 0 Å². The number of nitrogens with two attached hydrogens (primary N) is 1. The number of thiocarbonyl (C=S) groups is 1. The molecule has 0 aliphatic carbocycles. The molecule has 0 atom stereocenters. The Morgan fingerprint density at radius 3 is 1.71 bits per heavy atom. The zero-order chi connectivity index (χ0) is 5.58. The van der Waals surface area contributed by atoms with Crippen LogP contribution in [-0.2, 0) is 33.7 Å². The van der Waals surface area contributed by atoms with Crippen molar-refractivity contribution in [2.24, 2.45) is 5.73 Å². The molecule has 0 bridgehead atoms. The van der Waals surface area contributed by atoms with Gasteiger partial charge in [-0.05, 0) is 12.9 Å². The largest absolute Gasteiger partial charge is 0.415 e. The molecule has 0 fully saturated rings. The van der Waals surface area contributed by atoms with Crippen LogP contribution >= 0.6 is 25.1 Å². The molecule has 0 aliphatic heterocycles. The number of thiol groups is 1. The Morgan fingerprint density at radius 2 is 1.71 bits per heavy atom. The minimum absolute atomic E-state index is 0. The average molecular weight is 238 g/mol. The van der Waals surface area contributed by atoms with Crippen LogP contribution in [0.5, 0.6) is 0 Å². The molecule has 0 heterocycles. The van der Waals surface area contributed by atoms with Gasteiger partial charge in [0.15, 0.2) is 0 Å². The van der Waals surface area contributed by atoms with Crippen LogP contribution in [0.25, 0.3) is 0 Å². The van der Waals surface area contributed by atoms with E-state index >= 15 is 0 Å². The van der Waals surface area contributed by atoms with Crippen LogP contribution in [0, 0.1) is 0 Å². The van der Waals surface area contributed by atoms with E-state index in [1.165, 1.54) is 0 Å². The molecule has 3 N–H and O–H groups in total. The average Bonchev–Trinajstić information content (AvgIpc) is 1.41. The van der Waals surface area contributed by atoms with E-state index in [-0.39, 0.29) is 25.4 Å². The van der Waals surface area contributed by atoms with Gasteiger partial charge >= 0.3 is 0 Å². The van der Waals surface area contributed by atoms with Gasteiger partial charge in [0, 0.05) is 21.1 Å².